The molecule has 0 radical (unpaired) electrons. The SMILES string of the molecule is NC(N)=N[C@@H](CO)C(=O)O. The Morgan fingerprint density at radius 2 is 2.10 bits per heavy atom. The van der Waals surface area contributed by atoms with Gasteiger partial charge in [-0.05, 0) is 0 Å². The Labute approximate surface area is 57.2 Å². The maximum Gasteiger partial charge on any atom is 0.330 e. The zero-order valence-corrected chi connectivity index (χ0v) is 5.19. The van der Waals surface area contributed by atoms with Crippen molar-refractivity contribution in [1.82, 2.24) is 0 Å². The van der Waals surface area contributed by atoms with Crippen LogP contribution in [-0.4, -0.2) is 34.8 Å². The number of hydrogen-bond acceptors (Lipinski definition) is 3. The number of aliphatic carboxylic acids is 1. The number of nitrogens with zero attached hydrogens (tertiary/aromatic N) is 1. The summed E-state index contributed by atoms with van der Waals surface area (Å²) in [6, 6.07) is -1.25. The topological polar surface area (TPSA) is 122 Å². The minimum atomic E-state index is -1.25. The Kier molecular flexibility index (Phi) is 3.20. The third kappa shape index (κ3) is 2.88. The molecular weight excluding hydrogens is 138 g/mol. The number of aliphatic hydroxyl groups is 1. The molecule has 0 saturated heterocycles. The quantitative estimate of drug-likeness (QED) is 0.264. The van der Waals surface area contributed by atoms with Gasteiger partial charge in [0.15, 0.2) is 12.0 Å². The van der Waals surface area contributed by atoms with Crippen LogP contribution in [0, 0.1) is 0 Å². The second-order valence-electron chi connectivity index (χ2n) is 1.59. The molecule has 0 aromatic carbocycles. The monoisotopic (exact) mass is 147 g/mol. The Morgan fingerprint density at radius 1 is 1.60 bits per heavy atom. The minimum Gasteiger partial charge on any atom is -0.480 e. The normalized spacial score (nSPS) is 12.1. The van der Waals surface area contributed by atoms with Crippen molar-refractivity contribution in [2.75, 3.05) is 6.61 Å². The fourth-order valence-corrected chi connectivity index (χ4v) is 0.354. The fourth-order valence-electron chi connectivity index (χ4n) is 0.354. The van der Waals surface area contributed by atoms with Crippen LogP contribution in [0.4, 0.5) is 0 Å². The van der Waals surface area contributed by atoms with Crippen LogP contribution in [0.2, 0.25) is 0 Å². The molecule has 0 saturated carbocycles. The Balaban J connectivity index is 4.09. The molecule has 1 atom stereocenters. The van der Waals surface area contributed by atoms with Crippen LogP contribution in [0.25, 0.3) is 0 Å². The smallest absolute Gasteiger partial charge is 0.330 e. The van der Waals surface area contributed by atoms with Gasteiger partial charge >= 0.3 is 5.97 Å². The summed E-state index contributed by atoms with van der Waals surface area (Å²) in [5.41, 5.74) is 9.72. The van der Waals surface area contributed by atoms with Gasteiger partial charge in [0.25, 0.3) is 0 Å². The van der Waals surface area contributed by atoms with E-state index in [1.807, 2.05) is 0 Å². The van der Waals surface area contributed by atoms with Crippen molar-refractivity contribution in [1.29, 1.82) is 0 Å². The van der Waals surface area contributed by atoms with Gasteiger partial charge in [-0.1, -0.05) is 0 Å². The maximum atomic E-state index is 10.1. The van der Waals surface area contributed by atoms with Crippen LogP contribution in [0.1, 0.15) is 0 Å². The summed E-state index contributed by atoms with van der Waals surface area (Å²) in [6.45, 7) is -0.604. The van der Waals surface area contributed by atoms with Gasteiger partial charge in [0.2, 0.25) is 0 Å². The van der Waals surface area contributed by atoms with E-state index < -0.39 is 18.6 Å². The van der Waals surface area contributed by atoms with E-state index in [-0.39, 0.29) is 5.96 Å². The molecule has 6 heteroatoms. The largest absolute Gasteiger partial charge is 0.480 e. The Hall–Kier alpha value is -1.30. The second-order valence-corrected chi connectivity index (χ2v) is 1.59. The van der Waals surface area contributed by atoms with Crippen molar-refractivity contribution >= 4 is 11.9 Å². The molecule has 10 heavy (non-hydrogen) atoms. The molecule has 0 heterocycles. The fraction of sp³-hybridized carbons (Fsp3) is 0.500. The average Bonchev–Trinajstić information content (AvgIpc) is 1.81. The first-order valence-corrected chi connectivity index (χ1v) is 2.50. The van der Waals surface area contributed by atoms with Gasteiger partial charge in [-0.15, -0.1) is 0 Å². The van der Waals surface area contributed by atoms with Crippen molar-refractivity contribution in [2.24, 2.45) is 16.5 Å². The van der Waals surface area contributed by atoms with Crippen molar-refractivity contribution in [3.8, 4) is 0 Å². The van der Waals surface area contributed by atoms with E-state index >= 15 is 0 Å². The molecule has 6 N–H and O–H groups in total. The lowest BCUT2D eigenvalue weighted by molar-refractivity contribution is -0.139. The number of guanidine groups is 1. The second kappa shape index (κ2) is 3.67. The van der Waals surface area contributed by atoms with Gasteiger partial charge in [-0.3, -0.25) is 0 Å². The molecule has 0 amide bonds. The third-order valence-corrected chi connectivity index (χ3v) is 0.763. The molecule has 0 aliphatic carbocycles. The third-order valence-electron chi connectivity index (χ3n) is 0.763. The summed E-state index contributed by atoms with van der Waals surface area (Å²) in [4.78, 5) is 13.3. The zero-order chi connectivity index (χ0) is 8.15. The zero-order valence-electron chi connectivity index (χ0n) is 5.19. The minimum absolute atomic E-state index is 0.346. The van der Waals surface area contributed by atoms with Crippen LogP contribution in [0.5, 0.6) is 0 Å². The molecule has 0 aliphatic heterocycles. The molecule has 0 spiro atoms. The molecule has 0 unspecified atom stereocenters. The van der Waals surface area contributed by atoms with Crippen molar-refractivity contribution in [2.45, 2.75) is 6.04 Å². The van der Waals surface area contributed by atoms with Crippen LogP contribution >= 0.6 is 0 Å². The van der Waals surface area contributed by atoms with Gasteiger partial charge in [0.1, 0.15) is 0 Å². The van der Waals surface area contributed by atoms with E-state index in [2.05, 4.69) is 4.99 Å². The number of hydrogen-bond donors (Lipinski definition) is 4. The standard InChI is InChI=1S/C4H9N3O3/c5-4(6)7-2(1-8)3(9)10/h2,8H,1H2,(H,9,10)(H4,5,6,7)/t2-/m0/s1. The first-order chi connectivity index (χ1) is 4.57. The van der Waals surface area contributed by atoms with E-state index in [1.54, 1.807) is 0 Å². The molecule has 58 valence electrons. The van der Waals surface area contributed by atoms with Crippen LogP contribution in [0.3, 0.4) is 0 Å². The predicted octanol–water partition coefficient (Wildman–Crippen LogP) is -2.29. The maximum absolute atomic E-state index is 10.1. The Morgan fingerprint density at radius 3 is 2.20 bits per heavy atom. The van der Waals surface area contributed by atoms with E-state index in [1.165, 1.54) is 0 Å². The van der Waals surface area contributed by atoms with Crippen molar-refractivity contribution in [3.05, 3.63) is 0 Å². The lowest BCUT2D eigenvalue weighted by atomic mass is 10.3. The number of aliphatic imine (C=N–C) groups is 1. The van der Waals surface area contributed by atoms with Gasteiger partial charge in [0.05, 0.1) is 6.61 Å². The highest BCUT2D eigenvalue weighted by atomic mass is 16.4. The van der Waals surface area contributed by atoms with Crippen molar-refractivity contribution in [3.63, 3.8) is 0 Å². The number of rotatable bonds is 3. The first-order valence-electron chi connectivity index (χ1n) is 2.50. The molecule has 6 nitrogen and oxygen atoms in total. The van der Waals surface area contributed by atoms with Gasteiger partial charge in [-0.25, -0.2) is 9.79 Å². The van der Waals surface area contributed by atoms with Gasteiger partial charge in [0, 0.05) is 0 Å². The number of aliphatic hydroxyl groups excluding tert-OH is 1. The highest BCUT2D eigenvalue weighted by Crippen LogP contribution is 1.87. The summed E-state index contributed by atoms with van der Waals surface area (Å²) < 4.78 is 0. The molecule has 0 bridgehead atoms. The molecule has 0 aliphatic rings. The molecule has 0 aromatic heterocycles. The average molecular weight is 147 g/mol. The molecular formula is C4H9N3O3. The Bertz CT molecular complexity index is 152. The molecule has 0 rings (SSSR count). The van der Waals surface area contributed by atoms with Crippen LogP contribution < -0.4 is 11.5 Å². The summed E-state index contributed by atoms with van der Waals surface area (Å²) in [6.07, 6.45) is 0. The lowest BCUT2D eigenvalue weighted by Crippen LogP contribution is -2.30. The number of carbonyl (C=O) groups is 1. The summed E-state index contributed by atoms with van der Waals surface area (Å²) in [5, 5.41) is 16.6. The number of nitrogens with two attached hydrogens (primary N) is 2. The van der Waals surface area contributed by atoms with E-state index in [0.717, 1.165) is 0 Å². The molecule has 0 fully saturated rings. The van der Waals surface area contributed by atoms with Gasteiger partial charge < -0.3 is 21.7 Å². The van der Waals surface area contributed by atoms with Crippen LogP contribution in [-0.2, 0) is 4.79 Å². The lowest BCUT2D eigenvalue weighted by Gasteiger charge is -2.01. The van der Waals surface area contributed by atoms with Gasteiger partial charge in [-0.2, -0.15) is 0 Å². The van der Waals surface area contributed by atoms with E-state index in [0.29, 0.717) is 0 Å². The highest BCUT2D eigenvalue weighted by Gasteiger charge is 2.13. The predicted molar refractivity (Wildman–Crippen MR) is 34.3 cm³/mol. The van der Waals surface area contributed by atoms with E-state index in [9.17, 15) is 4.79 Å². The number of carboxylic acids is 1. The summed E-state index contributed by atoms with van der Waals surface area (Å²) in [5.74, 6) is -1.60. The number of carboxylic acid groups (broad SMARTS) is 1. The molecule has 0 aromatic rings. The first kappa shape index (κ1) is 8.70. The summed E-state index contributed by atoms with van der Waals surface area (Å²) >= 11 is 0. The summed E-state index contributed by atoms with van der Waals surface area (Å²) in [7, 11) is 0. The van der Waals surface area contributed by atoms with E-state index in [4.69, 9.17) is 21.7 Å². The highest BCUT2D eigenvalue weighted by molar-refractivity contribution is 5.81. The van der Waals surface area contributed by atoms with Crippen LogP contribution in [0.15, 0.2) is 4.99 Å². The van der Waals surface area contributed by atoms with Crippen molar-refractivity contribution < 1.29 is 15.0 Å².